The molecule has 1 fully saturated rings. The molecule has 0 spiro atoms. The second-order valence-corrected chi connectivity index (χ2v) is 4.70. The molecule has 0 bridgehead atoms. The Kier molecular flexibility index (Phi) is 4.36. The first-order valence-corrected chi connectivity index (χ1v) is 6.50. The fourth-order valence-electron chi connectivity index (χ4n) is 2.26. The van der Waals surface area contributed by atoms with E-state index in [9.17, 15) is 18.0 Å². The van der Waals surface area contributed by atoms with Crippen molar-refractivity contribution < 1.29 is 27.8 Å². The number of alkyl halides is 3. The highest BCUT2D eigenvalue weighted by Crippen LogP contribution is 2.32. The summed E-state index contributed by atoms with van der Waals surface area (Å²) < 4.78 is 43.7. The zero-order valence-electron chi connectivity index (χ0n) is 11.4. The molecule has 116 valence electrons. The Morgan fingerprint density at radius 2 is 2.24 bits per heavy atom. The van der Waals surface area contributed by atoms with Crippen molar-refractivity contribution in [2.24, 2.45) is 0 Å². The summed E-state index contributed by atoms with van der Waals surface area (Å²) in [5, 5.41) is 9.17. The summed E-state index contributed by atoms with van der Waals surface area (Å²) in [5.41, 5.74) is -1.33. The van der Waals surface area contributed by atoms with Gasteiger partial charge in [0, 0.05) is 6.54 Å². The Balaban J connectivity index is 2.49. The number of morpholine rings is 1. The number of carboxylic acids is 1. The van der Waals surface area contributed by atoms with Crippen LogP contribution in [0.4, 0.5) is 19.0 Å². The highest BCUT2D eigenvalue weighted by atomic mass is 19.4. The molecule has 2 rings (SSSR count). The quantitative estimate of drug-likeness (QED) is 0.929. The van der Waals surface area contributed by atoms with Crippen LogP contribution in [0.3, 0.4) is 0 Å². The van der Waals surface area contributed by atoms with E-state index in [0.717, 1.165) is 6.07 Å². The molecule has 0 radical (unpaired) electrons. The molecule has 0 amide bonds. The lowest BCUT2D eigenvalue weighted by Gasteiger charge is -2.36. The van der Waals surface area contributed by atoms with Crippen LogP contribution < -0.4 is 4.90 Å². The zero-order valence-corrected chi connectivity index (χ0v) is 11.4. The van der Waals surface area contributed by atoms with Crippen molar-refractivity contribution >= 4 is 11.8 Å². The van der Waals surface area contributed by atoms with Crippen molar-refractivity contribution in [1.29, 1.82) is 0 Å². The Morgan fingerprint density at radius 3 is 2.81 bits per heavy atom. The molecule has 1 atom stereocenters. The van der Waals surface area contributed by atoms with Gasteiger partial charge in [-0.2, -0.15) is 13.2 Å². The molecular weight excluding hydrogens is 289 g/mol. The third-order valence-corrected chi connectivity index (χ3v) is 3.37. The number of hydrogen-bond donors (Lipinski definition) is 1. The van der Waals surface area contributed by atoms with Gasteiger partial charge in [0.1, 0.15) is 17.1 Å². The van der Waals surface area contributed by atoms with Crippen LogP contribution in [0, 0.1) is 0 Å². The lowest BCUT2D eigenvalue weighted by molar-refractivity contribution is -0.141. The third kappa shape index (κ3) is 3.26. The maximum absolute atomic E-state index is 12.8. The lowest BCUT2D eigenvalue weighted by atomic mass is 10.1. The maximum Gasteiger partial charge on any atom is 0.433 e. The number of aromatic carboxylic acids is 1. The molecule has 1 aromatic rings. The number of pyridine rings is 1. The molecule has 8 heteroatoms. The van der Waals surface area contributed by atoms with Crippen LogP contribution in [-0.4, -0.2) is 41.9 Å². The summed E-state index contributed by atoms with van der Waals surface area (Å²) in [7, 11) is 0. The van der Waals surface area contributed by atoms with Crippen LogP contribution >= 0.6 is 0 Å². The number of hydrogen-bond acceptors (Lipinski definition) is 4. The number of carbonyl (C=O) groups is 1. The number of rotatable bonds is 3. The van der Waals surface area contributed by atoms with Crippen LogP contribution in [-0.2, 0) is 10.9 Å². The van der Waals surface area contributed by atoms with Crippen LogP contribution in [0.5, 0.6) is 0 Å². The molecule has 1 aliphatic rings. The molecule has 0 aromatic carbocycles. The minimum Gasteiger partial charge on any atom is -0.478 e. The van der Waals surface area contributed by atoms with Gasteiger partial charge >= 0.3 is 12.1 Å². The average molecular weight is 304 g/mol. The topological polar surface area (TPSA) is 62.7 Å². The fraction of sp³-hybridized carbons (Fsp3) is 0.538. The fourth-order valence-corrected chi connectivity index (χ4v) is 2.26. The SMILES string of the molecule is CCC1COCCN1c1nc(C(F)(F)F)ccc1C(=O)O. The molecule has 1 N–H and O–H groups in total. The van der Waals surface area contributed by atoms with Crippen LogP contribution in [0.1, 0.15) is 29.4 Å². The molecule has 1 unspecified atom stereocenters. The van der Waals surface area contributed by atoms with Gasteiger partial charge in [0.05, 0.1) is 19.3 Å². The highest BCUT2D eigenvalue weighted by molar-refractivity contribution is 5.93. The van der Waals surface area contributed by atoms with Gasteiger partial charge in [0.15, 0.2) is 0 Å². The molecule has 0 saturated carbocycles. The van der Waals surface area contributed by atoms with E-state index in [1.165, 1.54) is 0 Å². The van der Waals surface area contributed by atoms with Crippen LogP contribution in [0.2, 0.25) is 0 Å². The highest BCUT2D eigenvalue weighted by Gasteiger charge is 2.35. The van der Waals surface area contributed by atoms with Gasteiger partial charge in [-0.1, -0.05) is 6.92 Å². The number of aromatic nitrogens is 1. The molecule has 5 nitrogen and oxygen atoms in total. The minimum absolute atomic E-state index is 0.146. The molecule has 1 aromatic heterocycles. The Bertz CT molecular complexity index is 534. The van der Waals surface area contributed by atoms with Crippen LogP contribution in [0.15, 0.2) is 12.1 Å². The second kappa shape index (κ2) is 5.88. The summed E-state index contributed by atoms with van der Waals surface area (Å²) in [6.07, 6.45) is -3.99. The Hall–Kier alpha value is -1.83. The van der Waals surface area contributed by atoms with E-state index in [0.29, 0.717) is 32.2 Å². The normalized spacial score (nSPS) is 19.6. The molecule has 0 aliphatic carbocycles. The van der Waals surface area contributed by atoms with Gasteiger partial charge in [-0.3, -0.25) is 0 Å². The first-order chi connectivity index (χ1) is 9.84. The number of carboxylic acid groups (broad SMARTS) is 1. The standard InChI is InChI=1S/C13H15F3N2O3/c1-2-8-7-21-6-5-18(8)11-9(12(19)20)3-4-10(17-11)13(14,15)16/h3-4,8H,2,5-7H2,1H3,(H,19,20). The van der Waals surface area contributed by atoms with Crippen molar-refractivity contribution in [1.82, 2.24) is 4.98 Å². The molecular formula is C13H15F3N2O3. The average Bonchev–Trinajstić information content (AvgIpc) is 2.45. The largest absolute Gasteiger partial charge is 0.478 e. The molecule has 21 heavy (non-hydrogen) atoms. The van der Waals surface area contributed by atoms with E-state index in [2.05, 4.69) is 4.98 Å². The predicted octanol–water partition coefficient (Wildman–Crippen LogP) is 2.41. The van der Waals surface area contributed by atoms with E-state index in [1.54, 1.807) is 4.90 Å². The van der Waals surface area contributed by atoms with Gasteiger partial charge in [-0.05, 0) is 18.6 Å². The number of ether oxygens (including phenoxy) is 1. The number of anilines is 1. The van der Waals surface area contributed by atoms with Gasteiger partial charge < -0.3 is 14.7 Å². The lowest BCUT2D eigenvalue weighted by Crippen LogP contribution is -2.46. The Morgan fingerprint density at radius 1 is 1.52 bits per heavy atom. The Labute approximate surface area is 119 Å². The second-order valence-electron chi connectivity index (χ2n) is 4.70. The van der Waals surface area contributed by atoms with Crippen molar-refractivity contribution in [2.75, 3.05) is 24.7 Å². The van der Waals surface area contributed by atoms with Crippen molar-refractivity contribution in [3.05, 3.63) is 23.4 Å². The maximum atomic E-state index is 12.8. The molecule has 1 aliphatic heterocycles. The van der Waals surface area contributed by atoms with Gasteiger partial charge in [-0.15, -0.1) is 0 Å². The predicted molar refractivity (Wildman–Crippen MR) is 68.4 cm³/mol. The van der Waals surface area contributed by atoms with E-state index in [-0.39, 0.29) is 17.4 Å². The van der Waals surface area contributed by atoms with Gasteiger partial charge in [0.2, 0.25) is 0 Å². The number of halogens is 3. The minimum atomic E-state index is -4.61. The zero-order chi connectivity index (χ0) is 15.6. The smallest absolute Gasteiger partial charge is 0.433 e. The van der Waals surface area contributed by atoms with Crippen molar-refractivity contribution in [2.45, 2.75) is 25.6 Å². The summed E-state index contributed by atoms with van der Waals surface area (Å²) in [6.45, 7) is 2.84. The molecule has 2 heterocycles. The first-order valence-electron chi connectivity index (χ1n) is 6.50. The van der Waals surface area contributed by atoms with E-state index in [1.807, 2.05) is 6.92 Å². The number of nitrogens with zero attached hydrogens (tertiary/aromatic N) is 2. The summed E-state index contributed by atoms with van der Waals surface area (Å²) >= 11 is 0. The first kappa shape index (κ1) is 15.6. The van der Waals surface area contributed by atoms with Crippen molar-refractivity contribution in [3.8, 4) is 0 Å². The van der Waals surface area contributed by atoms with Crippen LogP contribution in [0.25, 0.3) is 0 Å². The summed E-state index contributed by atoms with van der Waals surface area (Å²) in [6, 6.07) is 1.46. The van der Waals surface area contributed by atoms with Gasteiger partial charge in [-0.25, -0.2) is 9.78 Å². The van der Waals surface area contributed by atoms with Crippen molar-refractivity contribution in [3.63, 3.8) is 0 Å². The molecule has 1 saturated heterocycles. The van der Waals surface area contributed by atoms with Gasteiger partial charge in [0.25, 0.3) is 0 Å². The summed E-state index contributed by atoms with van der Waals surface area (Å²) in [4.78, 5) is 16.4. The van der Waals surface area contributed by atoms with E-state index >= 15 is 0 Å². The van der Waals surface area contributed by atoms with E-state index < -0.39 is 17.8 Å². The monoisotopic (exact) mass is 304 g/mol. The van der Waals surface area contributed by atoms with E-state index in [4.69, 9.17) is 9.84 Å². The summed E-state index contributed by atoms with van der Waals surface area (Å²) in [5.74, 6) is -1.44. The third-order valence-electron chi connectivity index (χ3n) is 3.37.